The van der Waals surface area contributed by atoms with Crippen LogP contribution in [0.2, 0.25) is 5.02 Å². The topological polar surface area (TPSA) is 84.2 Å². The van der Waals surface area contributed by atoms with E-state index in [-0.39, 0.29) is 5.91 Å². The van der Waals surface area contributed by atoms with E-state index in [9.17, 15) is 9.59 Å². The van der Waals surface area contributed by atoms with Gasteiger partial charge in [0, 0.05) is 18.1 Å². The molecule has 2 amide bonds. The highest BCUT2D eigenvalue weighted by Gasteiger charge is 2.45. The van der Waals surface area contributed by atoms with E-state index in [1.54, 1.807) is 12.1 Å². The Balaban J connectivity index is 1.77. The van der Waals surface area contributed by atoms with Crippen molar-refractivity contribution >= 4 is 23.4 Å². The van der Waals surface area contributed by atoms with Gasteiger partial charge in [0.25, 0.3) is 0 Å². The van der Waals surface area contributed by atoms with Crippen LogP contribution < -0.4 is 16.4 Å². The number of hydrogen-bond acceptors (Lipinski definition) is 3. The van der Waals surface area contributed by atoms with Crippen molar-refractivity contribution in [2.45, 2.75) is 12.5 Å². The number of rotatable bonds is 6. The van der Waals surface area contributed by atoms with Gasteiger partial charge in [-0.2, -0.15) is 0 Å². The van der Waals surface area contributed by atoms with Crippen LogP contribution in [-0.2, 0) is 16.0 Å². The summed E-state index contributed by atoms with van der Waals surface area (Å²) in [7, 11) is 0. The van der Waals surface area contributed by atoms with Crippen LogP contribution in [0.1, 0.15) is 17.2 Å². The van der Waals surface area contributed by atoms with E-state index in [0.717, 1.165) is 5.56 Å². The highest BCUT2D eigenvalue weighted by molar-refractivity contribution is 6.30. The van der Waals surface area contributed by atoms with Gasteiger partial charge in [0.2, 0.25) is 11.8 Å². The minimum Gasteiger partial charge on any atom is -0.368 e. The van der Waals surface area contributed by atoms with Gasteiger partial charge < -0.3 is 16.4 Å². The average Bonchev–Trinajstić information content (AvgIpc) is 2.58. The minimum atomic E-state index is -0.837. The molecule has 1 atom stereocenters. The van der Waals surface area contributed by atoms with Crippen molar-refractivity contribution in [1.29, 1.82) is 0 Å². The Morgan fingerprint density at radius 2 is 1.76 bits per heavy atom. The number of halogens is 1. The molecule has 1 heterocycles. The van der Waals surface area contributed by atoms with Crippen LogP contribution in [-0.4, -0.2) is 24.9 Å². The molecule has 0 bridgehead atoms. The smallest absolute Gasteiger partial charge is 0.244 e. The predicted octanol–water partition coefficient (Wildman–Crippen LogP) is 1.81. The van der Waals surface area contributed by atoms with Crippen LogP contribution in [0.5, 0.6) is 0 Å². The maximum absolute atomic E-state index is 12.9. The molecule has 4 N–H and O–H groups in total. The predicted molar refractivity (Wildman–Crippen MR) is 97.0 cm³/mol. The largest absolute Gasteiger partial charge is 0.368 e. The molecule has 5 nitrogen and oxygen atoms in total. The summed E-state index contributed by atoms with van der Waals surface area (Å²) in [5, 5.41) is 6.64. The number of amides is 2. The molecule has 1 aliphatic rings. The van der Waals surface area contributed by atoms with E-state index < -0.39 is 17.4 Å². The van der Waals surface area contributed by atoms with Crippen molar-refractivity contribution in [1.82, 2.24) is 10.6 Å². The number of benzene rings is 2. The van der Waals surface area contributed by atoms with Crippen LogP contribution in [0.15, 0.2) is 54.6 Å². The molecular formula is C19H20ClN3O2. The van der Waals surface area contributed by atoms with Gasteiger partial charge in [-0.15, -0.1) is 0 Å². The summed E-state index contributed by atoms with van der Waals surface area (Å²) in [6, 6.07) is 15.6. The lowest BCUT2D eigenvalue weighted by molar-refractivity contribution is -0.137. The number of nitrogens with one attached hydrogen (secondary N) is 2. The zero-order valence-corrected chi connectivity index (χ0v) is 14.4. The Morgan fingerprint density at radius 3 is 2.28 bits per heavy atom. The molecule has 0 aliphatic carbocycles. The van der Waals surface area contributed by atoms with Gasteiger partial charge in [-0.05, 0) is 29.7 Å². The first-order valence-electron chi connectivity index (χ1n) is 8.11. The van der Waals surface area contributed by atoms with E-state index in [2.05, 4.69) is 10.6 Å². The fourth-order valence-electron chi connectivity index (χ4n) is 3.03. The van der Waals surface area contributed by atoms with Gasteiger partial charge in [0.15, 0.2) is 0 Å². The van der Waals surface area contributed by atoms with E-state index >= 15 is 0 Å². The molecule has 0 spiro atoms. The standard InChI is InChI=1S/C19H20ClN3O2/c20-15-8-6-13(7-9-15)10-19(11-22-12-19)18(25)23-16(17(21)24)14-4-2-1-3-5-14/h1-9,16,22H,10-12H2,(H2,21,24)(H,23,25)/t16-/m0/s1. The molecule has 1 aliphatic heterocycles. The van der Waals surface area contributed by atoms with Crippen LogP contribution in [0.3, 0.4) is 0 Å². The van der Waals surface area contributed by atoms with Crippen LogP contribution in [0.4, 0.5) is 0 Å². The quantitative estimate of drug-likeness (QED) is 0.737. The average molecular weight is 358 g/mol. The molecule has 130 valence electrons. The summed E-state index contributed by atoms with van der Waals surface area (Å²) in [4.78, 5) is 24.8. The number of carbonyl (C=O) groups excluding carboxylic acids is 2. The number of nitrogens with two attached hydrogens (primary N) is 1. The summed E-state index contributed by atoms with van der Waals surface area (Å²) in [6.07, 6.45) is 0.573. The first kappa shape index (κ1) is 17.5. The Kier molecular flexibility index (Phi) is 5.06. The summed E-state index contributed by atoms with van der Waals surface area (Å²) in [6.45, 7) is 1.11. The molecule has 1 fully saturated rings. The van der Waals surface area contributed by atoms with Gasteiger partial charge in [-0.1, -0.05) is 54.1 Å². The molecule has 2 aromatic carbocycles. The molecule has 3 rings (SSSR count). The zero-order chi connectivity index (χ0) is 17.9. The van der Waals surface area contributed by atoms with Gasteiger partial charge >= 0.3 is 0 Å². The van der Waals surface area contributed by atoms with E-state index in [1.807, 2.05) is 42.5 Å². The van der Waals surface area contributed by atoms with Gasteiger partial charge in [-0.25, -0.2) is 0 Å². The molecule has 6 heteroatoms. The third kappa shape index (κ3) is 3.83. The van der Waals surface area contributed by atoms with Crippen molar-refractivity contribution in [2.24, 2.45) is 11.1 Å². The highest BCUT2D eigenvalue weighted by Crippen LogP contribution is 2.30. The number of primary amides is 1. The number of carbonyl (C=O) groups is 2. The minimum absolute atomic E-state index is 0.172. The maximum Gasteiger partial charge on any atom is 0.244 e. The van der Waals surface area contributed by atoms with Gasteiger partial charge in [0.05, 0.1) is 5.41 Å². The summed E-state index contributed by atoms with van der Waals surface area (Å²) in [5.41, 5.74) is 6.62. The third-order valence-electron chi connectivity index (χ3n) is 4.56. The third-order valence-corrected chi connectivity index (χ3v) is 4.81. The Hall–Kier alpha value is -2.37. The summed E-state index contributed by atoms with van der Waals surface area (Å²) in [5.74, 6) is -0.748. The first-order chi connectivity index (χ1) is 12.0. The maximum atomic E-state index is 12.9. The Labute approximate surface area is 151 Å². The molecule has 2 aromatic rings. The Bertz CT molecular complexity index is 758. The van der Waals surface area contributed by atoms with E-state index in [1.165, 1.54) is 0 Å². The van der Waals surface area contributed by atoms with Crippen molar-refractivity contribution in [3.05, 3.63) is 70.7 Å². The van der Waals surface area contributed by atoms with Crippen LogP contribution in [0, 0.1) is 5.41 Å². The fourth-order valence-corrected chi connectivity index (χ4v) is 3.16. The second-order valence-corrected chi connectivity index (χ2v) is 6.84. The molecule has 0 unspecified atom stereocenters. The summed E-state index contributed by atoms with van der Waals surface area (Å²) < 4.78 is 0. The molecule has 0 saturated carbocycles. The lowest BCUT2D eigenvalue weighted by atomic mass is 9.75. The lowest BCUT2D eigenvalue weighted by Gasteiger charge is -2.42. The second-order valence-electron chi connectivity index (χ2n) is 6.41. The lowest BCUT2D eigenvalue weighted by Crippen LogP contribution is -2.63. The molecular weight excluding hydrogens is 338 g/mol. The molecule has 0 radical (unpaired) electrons. The highest BCUT2D eigenvalue weighted by atomic mass is 35.5. The molecule has 1 saturated heterocycles. The van der Waals surface area contributed by atoms with Crippen molar-refractivity contribution in [3.63, 3.8) is 0 Å². The summed E-state index contributed by atoms with van der Waals surface area (Å²) >= 11 is 5.92. The van der Waals surface area contributed by atoms with E-state index in [4.69, 9.17) is 17.3 Å². The van der Waals surface area contributed by atoms with Crippen molar-refractivity contribution in [2.75, 3.05) is 13.1 Å². The SMILES string of the molecule is NC(=O)[C@@H](NC(=O)C1(Cc2ccc(Cl)cc2)CNC1)c1ccccc1. The zero-order valence-electron chi connectivity index (χ0n) is 13.7. The van der Waals surface area contributed by atoms with E-state index in [0.29, 0.717) is 30.1 Å². The number of hydrogen-bond donors (Lipinski definition) is 3. The van der Waals surface area contributed by atoms with Gasteiger partial charge in [0.1, 0.15) is 6.04 Å². The second kappa shape index (κ2) is 7.25. The van der Waals surface area contributed by atoms with Crippen molar-refractivity contribution in [3.8, 4) is 0 Å². The monoisotopic (exact) mass is 357 g/mol. The van der Waals surface area contributed by atoms with Gasteiger partial charge in [-0.3, -0.25) is 9.59 Å². The molecule has 0 aromatic heterocycles. The van der Waals surface area contributed by atoms with Crippen LogP contribution in [0.25, 0.3) is 0 Å². The van der Waals surface area contributed by atoms with Crippen molar-refractivity contribution < 1.29 is 9.59 Å². The fraction of sp³-hybridized carbons (Fsp3) is 0.263. The van der Waals surface area contributed by atoms with Crippen LogP contribution >= 0.6 is 11.6 Å². The normalized spacial score (nSPS) is 16.5. The molecule has 25 heavy (non-hydrogen) atoms. The first-order valence-corrected chi connectivity index (χ1v) is 8.48. The Morgan fingerprint density at radius 1 is 1.12 bits per heavy atom.